The van der Waals surface area contributed by atoms with Crippen LogP contribution >= 0.6 is 0 Å². The fourth-order valence-corrected chi connectivity index (χ4v) is 2.50. The number of oxazole rings is 1. The van der Waals surface area contributed by atoms with Gasteiger partial charge < -0.3 is 4.42 Å². The van der Waals surface area contributed by atoms with Crippen LogP contribution in [0.15, 0.2) is 17.0 Å². The van der Waals surface area contributed by atoms with Crippen molar-refractivity contribution in [3.8, 4) is 0 Å². The minimum atomic E-state index is 0.632. The second-order valence-corrected chi connectivity index (χ2v) is 4.76. The van der Waals surface area contributed by atoms with Crippen LogP contribution in [0.1, 0.15) is 51.2 Å². The van der Waals surface area contributed by atoms with E-state index in [1.807, 2.05) is 6.20 Å². The average Bonchev–Trinajstić information content (AvgIpc) is 2.71. The molecule has 1 aliphatic carbocycles. The first-order chi connectivity index (χ1) is 6.77. The van der Waals surface area contributed by atoms with Crippen LogP contribution < -0.4 is 0 Å². The van der Waals surface area contributed by atoms with Gasteiger partial charge in [0.15, 0.2) is 6.39 Å². The summed E-state index contributed by atoms with van der Waals surface area (Å²) in [4.78, 5) is 3.98. The molecule has 0 saturated heterocycles. The van der Waals surface area contributed by atoms with Gasteiger partial charge in [-0.05, 0) is 37.5 Å². The standard InChI is InChI=1S/C12H19NO/c1-9(2)10-3-5-11(6-4-10)12-7-13-8-14-12/h7-11H,3-6H2,1-2H3/t10-,11-. The Balaban J connectivity index is 1.90. The molecule has 0 aromatic carbocycles. The molecule has 0 amide bonds. The molecule has 78 valence electrons. The lowest BCUT2D eigenvalue weighted by atomic mass is 9.76. The Morgan fingerprint density at radius 3 is 2.50 bits per heavy atom. The largest absolute Gasteiger partial charge is 0.448 e. The third-order valence-electron chi connectivity index (χ3n) is 3.57. The zero-order valence-corrected chi connectivity index (χ0v) is 9.07. The molecule has 0 N–H and O–H groups in total. The first-order valence-corrected chi connectivity index (χ1v) is 5.65. The highest BCUT2D eigenvalue weighted by Crippen LogP contribution is 2.38. The molecular formula is C12H19NO. The van der Waals surface area contributed by atoms with E-state index in [1.165, 1.54) is 25.7 Å². The minimum Gasteiger partial charge on any atom is -0.448 e. The van der Waals surface area contributed by atoms with E-state index < -0.39 is 0 Å². The summed E-state index contributed by atoms with van der Waals surface area (Å²) in [7, 11) is 0. The van der Waals surface area contributed by atoms with Crippen molar-refractivity contribution < 1.29 is 4.42 Å². The van der Waals surface area contributed by atoms with E-state index >= 15 is 0 Å². The van der Waals surface area contributed by atoms with Crippen molar-refractivity contribution in [3.63, 3.8) is 0 Å². The van der Waals surface area contributed by atoms with Gasteiger partial charge in [-0.1, -0.05) is 13.8 Å². The van der Waals surface area contributed by atoms with Gasteiger partial charge in [-0.15, -0.1) is 0 Å². The summed E-state index contributed by atoms with van der Waals surface area (Å²) in [5, 5.41) is 0. The molecule has 1 saturated carbocycles. The molecule has 0 atom stereocenters. The molecule has 1 heterocycles. The monoisotopic (exact) mass is 193 g/mol. The summed E-state index contributed by atoms with van der Waals surface area (Å²) >= 11 is 0. The first-order valence-electron chi connectivity index (χ1n) is 5.65. The number of rotatable bonds is 2. The highest BCUT2D eigenvalue weighted by Gasteiger charge is 2.25. The lowest BCUT2D eigenvalue weighted by molar-refractivity contribution is 0.244. The second-order valence-electron chi connectivity index (χ2n) is 4.76. The molecule has 2 nitrogen and oxygen atoms in total. The van der Waals surface area contributed by atoms with E-state index in [1.54, 1.807) is 6.39 Å². The van der Waals surface area contributed by atoms with Crippen LogP contribution in [-0.4, -0.2) is 4.98 Å². The lowest BCUT2D eigenvalue weighted by Gasteiger charge is -2.29. The van der Waals surface area contributed by atoms with Gasteiger partial charge in [-0.2, -0.15) is 0 Å². The van der Waals surface area contributed by atoms with Gasteiger partial charge in [0.05, 0.1) is 6.20 Å². The number of hydrogen-bond acceptors (Lipinski definition) is 2. The maximum Gasteiger partial charge on any atom is 0.180 e. The summed E-state index contributed by atoms with van der Waals surface area (Å²) < 4.78 is 5.36. The first kappa shape index (κ1) is 9.75. The fourth-order valence-electron chi connectivity index (χ4n) is 2.50. The number of nitrogens with zero attached hydrogens (tertiary/aromatic N) is 1. The third kappa shape index (κ3) is 1.99. The third-order valence-corrected chi connectivity index (χ3v) is 3.57. The lowest BCUT2D eigenvalue weighted by Crippen LogP contribution is -2.17. The Bertz CT molecular complexity index is 258. The molecule has 0 spiro atoms. The molecule has 1 aromatic heterocycles. The minimum absolute atomic E-state index is 0.632. The molecule has 0 radical (unpaired) electrons. The highest BCUT2D eigenvalue weighted by molar-refractivity contribution is 5.00. The van der Waals surface area contributed by atoms with Crippen LogP contribution in [0.5, 0.6) is 0 Å². The second kappa shape index (κ2) is 4.16. The molecule has 0 aliphatic heterocycles. The number of hydrogen-bond donors (Lipinski definition) is 0. The van der Waals surface area contributed by atoms with Crippen molar-refractivity contribution in [1.29, 1.82) is 0 Å². The molecule has 1 fully saturated rings. The number of aromatic nitrogens is 1. The van der Waals surface area contributed by atoms with Gasteiger partial charge >= 0.3 is 0 Å². The SMILES string of the molecule is CC(C)[C@H]1CC[C@H](c2cnco2)CC1. The fraction of sp³-hybridized carbons (Fsp3) is 0.750. The average molecular weight is 193 g/mol. The van der Waals surface area contributed by atoms with Crippen LogP contribution in [0.3, 0.4) is 0 Å². The molecule has 2 rings (SSSR count). The Labute approximate surface area is 85.7 Å². The maximum atomic E-state index is 5.36. The van der Waals surface area contributed by atoms with E-state index in [4.69, 9.17) is 4.42 Å². The molecule has 0 bridgehead atoms. The van der Waals surface area contributed by atoms with Crippen LogP contribution in [0, 0.1) is 11.8 Å². The van der Waals surface area contributed by atoms with Gasteiger partial charge in [0, 0.05) is 5.92 Å². The van der Waals surface area contributed by atoms with Gasteiger partial charge in [-0.3, -0.25) is 0 Å². The molecule has 1 aromatic rings. The summed E-state index contributed by atoms with van der Waals surface area (Å²) in [5.74, 6) is 3.49. The van der Waals surface area contributed by atoms with Crippen molar-refractivity contribution in [2.75, 3.05) is 0 Å². The molecule has 1 aliphatic rings. The quantitative estimate of drug-likeness (QED) is 0.717. The topological polar surface area (TPSA) is 26.0 Å². The van der Waals surface area contributed by atoms with E-state index in [2.05, 4.69) is 18.8 Å². The summed E-state index contributed by atoms with van der Waals surface area (Å²) in [6, 6.07) is 0. The predicted octanol–water partition coefficient (Wildman–Crippen LogP) is 3.60. The van der Waals surface area contributed by atoms with E-state index in [0.29, 0.717) is 5.92 Å². The van der Waals surface area contributed by atoms with Crippen molar-refractivity contribution >= 4 is 0 Å². The van der Waals surface area contributed by atoms with Gasteiger partial charge in [-0.25, -0.2) is 4.98 Å². The van der Waals surface area contributed by atoms with Crippen molar-refractivity contribution in [3.05, 3.63) is 18.4 Å². The Hall–Kier alpha value is -0.790. The van der Waals surface area contributed by atoms with Crippen molar-refractivity contribution in [1.82, 2.24) is 4.98 Å². The summed E-state index contributed by atoms with van der Waals surface area (Å²) in [5.41, 5.74) is 0. The van der Waals surface area contributed by atoms with Gasteiger partial charge in [0.2, 0.25) is 0 Å². The summed E-state index contributed by atoms with van der Waals surface area (Å²) in [6.07, 6.45) is 8.67. The van der Waals surface area contributed by atoms with Crippen LogP contribution in [0.25, 0.3) is 0 Å². The smallest absolute Gasteiger partial charge is 0.180 e. The zero-order valence-electron chi connectivity index (χ0n) is 9.07. The van der Waals surface area contributed by atoms with Crippen molar-refractivity contribution in [2.24, 2.45) is 11.8 Å². The Morgan fingerprint density at radius 1 is 1.29 bits per heavy atom. The normalized spacial score (nSPS) is 28.2. The molecular weight excluding hydrogens is 174 g/mol. The van der Waals surface area contributed by atoms with Crippen LogP contribution in [0.2, 0.25) is 0 Å². The van der Waals surface area contributed by atoms with Gasteiger partial charge in [0.1, 0.15) is 5.76 Å². The van der Waals surface area contributed by atoms with Gasteiger partial charge in [0.25, 0.3) is 0 Å². The van der Waals surface area contributed by atoms with E-state index in [9.17, 15) is 0 Å². The highest BCUT2D eigenvalue weighted by atomic mass is 16.3. The van der Waals surface area contributed by atoms with Crippen LogP contribution in [-0.2, 0) is 0 Å². The predicted molar refractivity (Wildman–Crippen MR) is 56.0 cm³/mol. The van der Waals surface area contributed by atoms with E-state index in [-0.39, 0.29) is 0 Å². The maximum absolute atomic E-state index is 5.36. The molecule has 0 unspecified atom stereocenters. The Kier molecular flexibility index (Phi) is 2.90. The Morgan fingerprint density at radius 2 is 2.00 bits per heavy atom. The summed E-state index contributed by atoms with van der Waals surface area (Å²) in [6.45, 7) is 4.67. The van der Waals surface area contributed by atoms with Crippen LogP contribution in [0.4, 0.5) is 0 Å². The molecule has 14 heavy (non-hydrogen) atoms. The molecule has 2 heteroatoms. The zero-order chi connectivity index (χ0) is 9.97. The van der Waals surface area contributed by atoms with Crippen molar-refractivity contribution in [2.45, 2.75) is 45.4 Å². The van der Waals surface area contributed by atoms with E-state index in [0.717, 1.165) is 17.6 Å².